The highest BCUT2D eigenvalue weighted by molar-refractivity contribution is 5.87. The van der Waals surface area contributed by atoms with Gasteiger partial charge in [0.25, 0.3) is 0 Å². The number of carboxylic acids is 1. The third kappa shape index (κ3) is 32.0. The molecule has 0 aromatic rings. The molecule has 2 N–H and O–H groups in total. The van der Waals surface area contributed by atoms with Crippen molar-refractivity contribution in [3.05, 3.63) is 36.5 Å². The summed E-state index contributed by atoms with van der Waals surface area (Å²) in [6.45, 7) is 16.6. The molecule has 0 fully saturated rings. The maximum Gasteiger partial charge on any atom is 0.333 e. The zero-order valence-electron chi connectivity index (χ0n) is 22.4. The molecule has 10 heteroatoms. The smallest absolute Gasteiger partial charge is 0.333 e. The lowest BCUT2D eigenvalue weighted by Crippen LogP contribution is -3.00. The number of quaternary nitrogens is 2. The largest absolute Gasteiger partial charge is 1.00 e. The number of likely N-dealkylation sites (N-methyl/N-ethyl adjacent to an activating group) is 2. The molecule has 0 spiro atoms. The van der Waals surface area contributed by atoms with Gasteiger partial charge in [-0.2, -0.15) is 0 Å². The van der Waals surface area contributed by atoms with E-state index in [1.165, 1.54) is 0 Å². The summed E-state index contributed by atoms with van der Waals surface area (Å²) in [6.07, 6.45) is 1.09. The van der Waals surface area contributed by atoms with Gasteiger partial charge in [-0.05, 0) is 38.8 Å². The number of aliphatic carboxylic acids is 1. The van der Waals surface area contributed by atoms with E-state index in [0.717, 1.165) is 22.1 Å². The molecule has 0 aromatic heterocycles. The van der Waals surface area contributed by atoms with Crippen LogP contribution in [-0.4, -0.2) is 102 Å². The van der Waals surface area contributed by atoms with Gasteiger partial charge < -0.3 is 46.5 Å². The average Bonchev–Trinajstić information content (AvgIpc) is 2.64. The Kier molecular flexibility index (Phi) is 23.2. The van der Waals surface area contributed by atoms with E-state index in [2.05, 4.69) is 62.0 Å². The number of esters is 2. The summed E-state index contributed by atoms with van der Waals surface area (Å²) >= 11 is 0. The molecule has 0 unspecified atom stereocenters. The van der Waals surface area contributed by atoms with Crippen LogP contribution >= 0.6 is 0 Å². The minimum atomic E-state index is -1.18. The first kappa shape index (κ1) is 39.0. The van der Waals surface area contributed by atoms with Crippen molar-refractivity contribution in [2.24, 2.45) is 5.73 Å². The fourth-order valence-electron chi connectivity index (χ4n) is 1.49. The highest BCUT2D eigenvalue weighted by atomic mass is 35.5. The van der Waals surface area contributed by atoms with Crippen molar-refractivity contribution in [3.8, 4) is 0 Å². The van der Waals surface area contributed by atoms with Crippen molar-refractivity contribution in [1.82, 2.24) is 0 Å². The normalized spacial score (nSPS) is 10.1. The van der Waals surface area contributed by atoms with E-state index in [1.54, 1.807) is 13.8 Å². The van der Waals surface area contributed by atoms with Gasteiger partial charge in [0.05, 0.1) is 48.3 Å². The number of carbonyl (C=O) groups excluding carboxylic acids is 3. The molecule has 0 aliphatic heterocycles. The van der Waals surface area contributed by atoms with Gasteiger partial charge >= 0.3 is 11.9 Å². The van der Waals surface area contributed by atoms with Crippen molar-refractivity contribution in [1.29, 1.82) is 0 Å². The Hall–Kier alpha value is -2.20. The van der Waals surface area contributed by atoms with Crippen LogP contribution in [0.1, 0.15) is 26.7 Å². The molecule has 9 nitrogen and oxygen atoms in total. The van der Waals surface area contributed by atoms with Gasteiger partial charge in [-0.1, -0.05) is 19.7 Å². The van der Waals surface area contributed by atoms with Crippen molar-refractivity contribution in [2.45, 2.75) is 26.7 Å². The van der Waals surface area contributed by atoms with Gasteiger partial charge in [0.1, 0.15) is 26.3 Å². The number of nitrogens with two attached hydrogens (primary N) is 1. The van der Waals surface area contributed by atoms with Crippen LogP contribution in [0.25, 0.3) is 0 Å². The number of carbonyl (C=O) groups is 3. The number of halogens is 1. The molecular weight excluding hydrogens is 462 g/mol. The first-order valence-corrected chi connectivity index (χ1v) is 10.7. The van der Waals surface area contributed by atoms with Gasteiger partial charge in [-0.25, -0.2) is 9.59 Å². The maximum atomic E-state index is 10.9. The predicted octanol–water partition coefficient (Wildman–Crippen LogP) is -2.34. The van der Waals surface area contributed by atoms with E-state index in [-0.39, 0.29) is 29.9 Å². The number of nitrogens with zero attached hydrogens (tertiary/aromatic N) is 2. The molecule has 0 atom stereocenters. The summed E-state index contributed by atoms with van der Waals surface area (Å²) in [5.41, 5.74) is 6.16. The standard InChI is InChI=1S/2C9H18NO2.C6H11NO2.ClH/c2*1-8(2)9(11)12-7-6-10(3,4)5;1-5(6(8)9)3-2-4-7;/h2*1,6-7H2,2-5H3;1-4,7H2,(H,8,9);1H/q2*+1;;/p-2. The predicted molar refractivity (Wildman–Crippen MR) is 130 cm³/mol. The second kappa shape index (κ2) is 20.2. The number of carboxylic acid groups (broad SMARTS) is 1. The fraction of sp³-hybridized carbons (Fsp3) is 0.625. The molecule has 0 heterocycles. The molecule has 0 bridgehead atoms. The molecule has 200 valence electrons. The quantitative estimate of drug-likeness (QED) is 0.178. The third-order valence-corrected chi connectivity index (χ3v) is 3.66. The van der Waals surface area contributed by atoms with Crippen LogP contribution in [0.5, 0.6) is 0 Å². The molecular formula is C24H46ClN3O6. The molecule has 0 saturated carbocycles. The summed E-state index contributed by atoms with van der Waals surface area (Å²) in [5.74, 6) is -1.78. The number of hydrogen-bond donors (Lipinski definition) is 1. The zero-order valence-corrected chi connectivity index (χ0v) is 23.1. The van der Waals surface area contributed by atoms with Gasteiger partial charge in [0.15, 0.2) is 0 Å². The Morgan fingerprint density at radius 2 is 1.12 bits per heavy atom. The Morgan fingerprint density at radius 3 is 1.32 bits per heavy atom. The molecule has 0 saturated heterocycles. The topological polar surface area (TPSA) is 119 Å². The molecule has 0 rings (SSSR count). The van der Waals surface area contributed by atoms with E-state index in [1.807, 2.05) is 0 Å². The number of rotatable bonds is 12. The van der Waals surface area contributed by atoms with Crippen LogP contribution in [0, 0.1) is 0 Å². The second-order valence-electron chi connectivity index (χ2n) is 9.64. The monoisotopic (exact) mass is 507 g/mol. The molecule has 0 aliphatic rings. The Balaban J connectivity index is -0.000000198. The maximum absolute atomic E-state index is 10.9. The van der Waals surface area contributed by atoms with E-state index in [9.17, 15) is 19.5 Å². The molecule has 0 aliphatic carbocycles. The first-order chi connectivity index (χ1) is 14.8. The van der Waals surface area contributed by atoms with E-state index >= 15 is 0 Å². The van der Waals surface area contributed by atoms with Crippen LogP contribution in [0.4, 0.5) is 0 Å². The Labute approximate surface area is 212 Å². The second-order valence-corrected chi connectivity index (χ2v) is 9.64. The Bertz CT molecular complexity index is 623. The average molecular weight is 508 g/mol. The van der Waals surface area contributed by atoms with Crippen LogP contribution < -0.4 is 23.2 Å². The molecule has 0 aromatic carbocycles. The highest BCUT2D eigenvalue weighted by Gasteiger charge is 2.10. The molecule has 34 heavy (non-hydrogen) atoms. The SMILES string of the molecule is C=C(C)C(=O)OCC[N+](C)(C)C.C=C(C)C(=O)OCC[N+](C)(C)C.C=C(CCCN)C(=O)[O-].[Cl-]. The zero-order chi connectivity index (χ0) is 26.8. The van der Waals surface area contributed by atoms with Crippen LogP contribution in [0.15, 0.2) is 36.5 Å². The lowest BCUT2D eigenvalue weighted by Gasteiger charge is -2.23. The first-order valence-electron chi connectivity index (χ1n) is 10.7. The minimum absolute atomic E-state index is 0. The van der Waals surface area contributed by atoms with E-state index in [0.29, 0.717) is 43.7 Å². The Morgan fingerprint density at radius 1 is 0.794 bits per heavy atom. The number of hydrogen-bond acceptors (Lipinski definition) is 7. The summed E-state index contributed by atoms with van der Waals surface area (Å²) in [4.78, 5) is 31.8. The van der Waals surface area contributed by atoms with Gasteiger partial charge in [-0.15, -0.1) is 0 Å². The van der Waals surface area contributed by atoms with E-state index in [4.69, 9.17) is 15.2 Å². The third-order valence-electron chi connectivity index (χ3n) is 3.66. The van der Waals surface area contributed by atoms with Gasteiger partial charge in [-0.3, -0.25) is 0 Å². The van der Waals surface area contributed by atoms with Crippen LogP contribution in [0.3, 0.4) is 0 Å². The van der Waals surface area contributed by atoms with Crippen LogP contribution in [0.2, 0.25) is 0 Å². The fourth-order valence-corrected chi connectivity index (χ4v) is 1.49. The summed E-state index contributed by atoms with van der Waals surface area (Å²) in [6, 6.07) is 0. The van der Waals surface area contributed by atoms with E-state index < -0.39 is 5.97 Å². The summed E-state index contributed by atoms with van der Waals surface area (Å²) < 4.78 is 11.4. The van der Waals surface area contributed by atoms with Crippen molar-refractivity contribution < 1.29 is 50.3 Å². The summed E-state index contributed by atoms with van der Waals surface area (Å²) in [5, 5.41) is 9.95. The summed E-state index contributed by atoms with van der Waals surface area (Å²) in [7, 11) is 12.3. The minimum Gasteiger partial charge on any atom is -1.00 e. The number of ether oxygens (including phenoxy) is 2. The van der Waals surface area contributed by atoms with Gasteiger partial charge in [0.2, 0.25) is 0 Å². The molecule has 0 radical (unpaired) electrons. The lowest BCUT2D eigenvalue weighted by molar-refractivity contribution is -0.870. The highest BCUT2D eigenvalue weighted by Crippen LogP contribution is 1.98. The lowest BCUT2D eigenvalue weighted by atomic mass is 10.2. The van der Waals surface area contributed by atoms with Gasteiger partial charge in [0, 0.05) is 11.1 Å². The molecule has 0 amide bonds. The van der Waals surface area contributed by atoms with Crippen LogP contribution in [-0.2, 0) is 23.9 Å². The van der Waals surface area contributed by atoms with Crippen molar-refractivity contribution in [3.63, 3.8) is 0 Å². The van der Waals surface area contributed by atoms with Crippen molar-refractivity contribution >= 4 is 17.9 Å². The van der Waals surface area contributed by atoms with Crippen molar-refractivity contribution in [2.75, 3.05) is 75.1 Å².